The minimum absolute atomic E-state index is 0.453. The number of benzene rings is 1. The predicted octanol–water partition coefficient (Wildman–Crippen LogP) is 2.25. The highest BCUT2D eigenvalue weighted by molar-refractivity contribution is 5.86. The molecule has 1 aromatic carbocycles. The molecular weight excluding hydrogens is 242 g/mol. The molecule has 0 saturated carbocycles. The zero-order valence-corrected chi connectivity index (χ0v) is 11.5. The summed E-state index contributed by atoms with van der Waals surface area (Å²) in [5.74, 6) is 0.0219. The van der Waals surface area contributed by atoms with Crippen molar-refractivity contribution in [2.24, 2.45) is 0 Å². The van der Waals surface area contributed by atoms with Crippen LogP contribution in [0.5, 0.6) is 5.75 Å². The Bertz CT molecular complexity index is 441. The summed E-state index contributed by atoms with van der Waals surface area (Å²) >= 11 is 0. The van der Waals surface area contributed by atoms with E-state index < -0.39 is 5.97 Å². The van der Waals surface area contributed by atoms with E-state index in [2.05, 4.69) is 11.4 Å². The lowest BCUT2D eigenvalue weighted by atomic mass is 10.1. The summed E-state index contributed by atoms with van der Waals surface area (Å²) in [5, 5.41) is 12.1. The maximum Gasteiger partial charge on any atom is 0.331 e. The Kier molecular flexibility index (Phi) is 6.68. The molecule has 4 nitrogen and oxygen atoms in total. The van der Waals surface area contributed by atoms with Crippen molar-refractivity contribution in [1.82, 2.24) is 5.32 Å². The summed E-state index contributed by atoms with van der Waals surface area (Å²) in [4.78, 5) is 10.8. The van der Waals surface area contributed by atoms with Gasteiger partial charge in [0.1, 0.15) is 5.75 Å². The first-order chi connectivity index (χ1) is 9.17. The first-order valence-corrected chi connectivity index (χ1v) is 6.43. The highest BCUT2D eigenvalue weighted by atomic mass is 16.5. The summed E-state index contributed by atoms with van der Waals surface area (Å²) in [6, 6.07) is 7.94. The molecule has 104 valence electrons. The second-order valence-electron chi connectivity index (χ2n) is 4.19. The highest BCUT2D eigenvalue weighted by Crippen LogP contribution is 2.12. The zero-order chi connectivity index (χ0) is 14.1. The largest absolute Gasteiger partial charge is 0.497 e. The third-order valence-corrected chi connectivity index (χ3v) is 2.87. The van der Waals surface area contributed by atoms with Gasteiger partial charge in [-0.05, 0) is 37.1 Å². The van der Waals surface area contributed by atoms with E-state index in [-0.39, 0.29) is 0 Å². The van der Waals surface area contributed by atoms with Gasteiger partial charge in [-0.15, -0.1) is 0 Å². The number of nitrogens with one attached hydrogen (secondary N) is 1. The lowest BCUT2D eigenvalue weighted by molar-refractivity contribution is -0.132. The second-order valence-corrected chi connectivity index (χ2v) is 4.19. The van der Waals surface area contributed by atoms with Crippen LogP contribution in [0.15, 0.2) is 35.9 Å². The molecular formula is C15H21NO3. The topological polar surface area (TPSA) is 58.6 Å². The van der Waals surface area contributed by atoms with Crippen LogP contribution >= 0.6 is 0 Å². The van der Waals surface area contributed by atoms with Gasteiger partial charge in [0.15, 0.2) is 0 Å². The van der Waals surface area contributed by atoms with Crippen molar-refractivity contribution in [3.63, 3.8) is 0 Å². The lowest BCUT2D eigenvalue weighted by Gasteiger charge is -2.05. The van der Waals surface area contributed by atoms with Crippen molar-refractivity contribution in [3.8, 4) is 5.75 Å². The maximum absolute atomic E-state index is 10.8. The molecule has 0 bridgehead atoms. The smallest absolute Gasteiger partial charge is 0.331 e. The van der Waals surface area contributed by atoms with Crippen LogP contribution in [0.4, 0.5) is 0 Å². The van der Waals surface area contributed by atoms with Crippen LogP contribution in [0, 0.1) is 0 Å². The number of aliphatic carboxylic acids is 1. The van der Waals surface area contributed by atoms with Gasteiger partial charge in [0.05, 0.1) is 7.11 Å². The van der Waals surface area contributed by atoms with E-state index in [1.807, 2.05) is 25.1 Å². The van der Waals surface area contributed by atoms with E-state index in [0.717, 1.165) is 18.7 Å². The van der Waals surface area contributed by atoms with Crippen LogP contribution in [-0.2, 0) is 11.2 Å². The fourth-order valence-corrected chi connectivity index (χ4v) is 1.74. The first-order valence-electron chi connectivity index (χ1n) is 6.43. The Hall–Kier alpha value is -1.81. The van der Waals surface area contributed by atoms with Crippen molar-refractivity contribution >= 4 is 5.97 Å². The minimum atomic E-state index is -0.836. The van der Waals surface area contributed by atoms with E-state index in [9.17, 15) is 4.79 Å². The van der Waals surface area contributed by atoms with Crippen molar-refractivity contribution in [2.75, 3.05) is 20.2 Å². The van der Waals surface area contributed by atoms with Crippen LogP contribution in [0.1, 0.15) is 18.9 Å². The average Bonchev–Trinajstić information content (AvgIpc) is 2.42. The molecule has 4 heteroatoms. The molecule has 1 rings (SSSR count). The number of hydrogen-bond donors (Lipinski definition) is 2. The van der Waals surface area contributed by atoms with E-state index >= 15 is 0 Å². The molecule has 0 aliphatic rings. The minimum Gasteiger partial charge on any atom is -0.497 e. The van der Waals surface area contributed by atoms with E-state index in [4.69, 9.17) is 9.84 Å². The fourth-order valence-electron chi connectivity index (χ4n) is 1.74. The quantitative estimate of drug-likeness (QED) is 0.558. The van der Waals surface area contributed by atoms with Gasteiger partial charge in [-0.3, -0.25) is 0 Å². The predicted molar refractivity (Wildman–Crippen MR) is 75.6 cm³/mol. The monoisotopic (exact) mass is 263 g/mol. The molecule has 0 saturated heterocycles. The lowest BCUT2D eigenvalue weighted by Crippen LogP contribution is -2.18. The van der Waals surface area contributed by atoms with Crippen molar-refractivity contribution in [3.05, 3.63) is 41.5 Å². The number of ether oxygens (including phenoxy) is 1. The SMILES string of the molecule is CC/C(=C/CNCCc1cccc(OC)c1)C(=O)O. The number of rotatable bonds is 8. The first kappa shape index (κ1) is 15.2. The molecule has 0 radical (unpaired) electrons. The summed E-state index contributed by atoms with van der Waals surface area (Å²) in [6.07, 6.45) is 3.17. The van der Waals surface area contributed by atoms with Crippen molar-refractivity contribution in [1.29, 1.82) is 0 Å². The van der Waals surface area contributed by atoms with Gasteiger partial charge in [-0.2, -0.15) is 0 Å². The van der Waals surface area contributed by atoms with Gasteiger partial charge in [-0.25, -0.2) is 4.79 Å². The van der Waals surface area contributed by atoms with E-state index in [1.165, 1.54) is 5.56 Å². The number of carbonyl (C=O) groups is 1. The molecule has 0 heterocycles. The summed E-state index contributed by atoms with van der Waals surface area (Å²) in [7, 11) is 1.65. The normalized spacial score (nSPS) is 11.4. The van der Waals surface area contributed by atoms with E-state index in [1.54, 1.807) is 13.2 Å². The van der Waals surface area contributed by atoms with Crippen LogP contribution in [-0.4, -0.2) is 31.3 Å². The van der Waals surface area contributed by atoms with Gasteiger partial charge in [0, 0.05) is 12.1 Å². The fraction of sp³-hybridized carbons (Fsp3) is 0.400. The molecule has 19 heavy (non-hydrogen) atoms. The molecule has 0 atom stereocenters. The molecule has 1 aromatic rings. The Morgan fingerprint density at radius 1 is 1.47 bits per heavy atom. The molecule has 0 aliphatic heterocycles. The van der Waals surface area contributed by atoms with Gasteiger partial charge >= 0.3 is 5.97 Å². The van der Waals surface area contributed by atoms with Crippen LogP contribution in [0.25, 0.3) is 0 Å². The standard InChI is InChI=1S/C15H21NO3/c1-3-13(15(17)18)8-10-16-9-7-12-5-4-6-14(11-12)19-2/h4-6,8,11,16H,3,7,9-10H2,1-2H3,(H,17,18)/b13-8-. The maximum atomic E-state index is 10.8. The van der Waals surface area contributed by atoms with Gasteiger partial charge in [0.2, 0.25) is 0 Å². The Morgan fingerprint density at radius 2 is 2.26 bits per heavy atom. The molecule has 0 amide bonds. The third-order valence-electron chi connectivity index (χ3n) is 2.87. The van der Waals surface area contributed by atoms with Crippen molar-refractivity contribution < 1.29 is 14.6 Å². The molecule has 0 aromatic heterocycles. The summed E-state index contributed by atoms with van der Waals surface area (Å²) < 4.78 is 5.16. The van der Waals surface area contributed by atoms with Crippen LogP contribution in [0.2, 0.25) is 0 Å². The number of carboxylic acid groups (broad SMARTS) is 1. The van der Waals surface area contributed by atoms with Gasteiger partial charge < -0.3 is 15.2 Å². The molecule has 2 N–H and O–H groups in total. The molecule has 0 fully saturated rings. The summed E-state index contributed by atoms with van der Waals surface area (Å²) in [5.41, 5.74) is 1.65. The third kappa shape index (κ3) is 5.57. The Labute approximate surface area is 114 Å². The zero-order valence-electron chi connectivity index (χ0n) is 11.5. The number of carboxylic acids is 1. The number of hydrogen-bond acceptors (Lipinski definition) is 3. The average molecular weight is 263 g/mol. The van der Waals surface area contributed by atoms with E-state index in [0.29, 0.717) is 18.5 Å². The highest BCUT2D eigenvalue weighted by Gasteiger charge is 2.02. The molecule has 0 spiro atoms. The van der Waals surface area contributed by atoms with Crippen LogP contribution in [0.3, 0.4) is 0 Å². The second kappa shape index (κ2) is 8.32. The van der Waals surface area contributed by atoms with Gasteiger partial charge in [-0.1, -0.05) is 25.1 Å². The van der Waals surface area contributed by atoms with Crippen LogP contribution < -0.4 is 10.1 Å². The summed E-state index contributed by atoms with van der Waals surface area (Å²) in [6.45, 7) is 3.23. The van der Waals surface area contributed by atoms with Gasteiger partial charge in [0.25, 0.3) is 0 Å². The number of methoxy groups -OCH3 is 1. The van der Waals surface area contributed by atoms with Crippen molar-refractivity contribution in [2.45, 2.75) is 19.8 Å². The molecule has 0 unspecified atom stereocenters. The Morgan fingerprint density at radius 3 is 2.89 bits per heavy atom. The molecule has 0 aliphatic carbocycles. The Balaban J connectivity index is 2.32.